The fourth-order valence-corrected chi connectivity index (χ4v) is 2.75. The highest BCUT2D eigenvalue weighted by Crippen LogP contribution is 2.24. The second-order valence-corrected chi connectivity index (χ2v) is 5.83. The van der Waals surface area contributed by atoms with Crippen LogP contribution in [-0.4, -0.2) is 25.8 Å². The predicted molar refractivity (Wildman–Crippen MR) is 82.3 cm³/mol. The molecule has 8 heteroatoms. The van der Waals surface area contributed by atoms with Crippen LogP contribution >= 0.6 is 23.4 Å². The van der Waals surface area contributed by atoms with E-state index in [1.807, 2.05) is 6.26 Å². The Kier molecular flexibility index (Phi) is 4.01. The average molecular weight is 341 g/mol. The van der Waals surface area contributed by atoms with Crippen LogP contribution in [0.4, 0.5) is 8.78 Å². The maximum Gasteiger partial charge on any atom is 0.190 e. The number of halogens is 3. The number of nitrogens with zero attached hydrogens (tertiary/aromatic N) is 4. The number of rotatable bonds is 3. The summed E-state index contributed by atoms with van der Waals surface area (Å²) in [6.07, 6.45) is 3.27. The Morgan fingerprint density at radius 2 is 2.05 bits per heavy atom. The van der Waals surface area contributed by atoms with Crippen LogP contribution in [0.5, 0.6) is 0 Å². The molecule has 3 aromatic rings. The Labute approximate surface area is 134 Å². The van der Waals surface area contributed by atoms with Crippen molar-refractivity contribution in [3.05, 3.63) is 46.4 Å². The number of imidazole rings is 1. The summed E-state index contributed by atoms with van der Waals surface area (Å²) in [5.74, 6) is -1.16. The highest BCUT2D eigenvalue weighted by Gasteiger charge is 2.16. The Morgan fingerprint density at radius 1 is 1.27 bits per heavy atom. The van der Waals surface area contributed by atoms with Crippen molar-refractivity contribution in [1.29, 1.82) is 0 Å². The lowest BCUT2D eigenvalue weighted by atomic mass is 10.1. The molecule has 22 heavy (non-hydrogen) atoms. The van der Waals surface area contributed by atoms with E-state index in [9.17, 15) is 8.78 Å². The Balaban J connectivity index is 2.12. The molecule has 2 aromatic heterocycles. The minimum Gasteiger partial charge on any atom is -0.310 e. The zero-order chi connectivity index (χ0) is 15.9. The molecule has 0 aliphatic heterocycles. The summed E-state index contributed by atoms with van der Waals surface area (Å²) in [6, 6.07) is 2.66. The van der Waals surface area contributed by atoms with Gasteiger partial charge in [0.05, 0.1) is 12.9 Å². The van der Waals surface area contributed by atoms with Gasteiger partial charge in [-0.15, -0.1) is 0 Å². The molecule has 0 amide bonds. The van der Waals surface area contributed by atoms with Crippen LogP contribution in [0.15, 0.2) is 23.6 Å². The average Bonchev–Trinajstić information content (AvgIpc) is 2.91. The Hall–Kier alpha value is -1.73. The lowest BCUT2D eigenvalue weighted by Crippen LogP contribution is -2.06. The summed E-state index contributed by atoms with van der Waals surface area (Å²) in [6.45, 7) is 1.58. The van der Waals surface area contributed by atoms with Gasteiger partial charge in [-0.05, 0) is 24.8 Å². The molecule has 3 rings (SSSR count). The molecular formula is C14H11ClF2N4S. The highest BCUT2D eigenvalue weighted by atomic mass is 35.5. The molecule has 0 atom stereocenters. The number of hydrogen-bond donors (Lipinski definition) is 0. The van der Waals surface area contributed by atoms with Crippen molar-refractivity contribution in [2.24, 2.45) is 0 Å². The molecule has 1 aromatic carbocycles. The molecule has 0 aliphatic carbocycles. The van der Waals surface area contributed by atoms with Crippen molar-refractivity contribution in [3.8, 4) is 0 Å². The Morgan fingerprint density at radius 3 is 2.77 bits per heavy atom. The van der Waals surface area contributed by atoms with Gasteiger partial charge in [-0.25, -0.2) is 23.7 Å². The highest BCUT2D eigenvalue weighted by molar-refractivity contribution is 7.98. The van der Waals surface area contributed by atoms with E-state index in [4.69, 9.17) is 11.6 Å². The minimum atomic E-state index is -0.602. The summed E-state index contributed by atoms with van der Waals surface area (Å²) < 4.78 is 29.6. The van der Waals surface area contributed by atoms with E-state index in [1.165, 1.54) is 30.2 Å². The number of aromatic nitrogens is 4. The van der Waals surface area contributed by atoms with Gasteiger partial charge in [0.15, 0.2) is 16.0 Å². The molecule has 0 spiro atoms. The molecule has 0 saturated carbocycles. The molecule has 0 aliphatic rings. The smallest absolute Gasteiger partial charge is 0.190 e. The van der Waals surface area contributed by atoms with Crippen LogP contribution in [0.2, 0.25) is 5.15 Å². The van der Waals surface area contributed by atoms with E-state index < -0.39 is 11.6 Å². The molecule has 4 nitrogen and oxygen atoms in total. The number of aryl methyl sites for hydroxylation is 1. The molecule has 0 bridgehead atoms. The number of thioether (sulfide) groups is 1. The van der Waals surface area contributed by atoms with Crippen LogP contribution in [-0.2, 0) is 6.54 Å². The number of benzene rings is 1. The van der Waals surface area contributed by atoms with E-state index in [2.05, 4.69) is 15.0 Å². The van der Waals surface area contributed by atoms with E-state index in [-0.39, 0.29) is 17.3 Å². The maximum absolute atomic E-state index is 14.1. The van der Waals surface area contributed by atoms with Crippen molar-refractivity contribution in [1.82, 2.24) is 19.5 Å². The third-order valence-corrected chi connectivity index (χ3v) is 4.10. The summed E-state index contributed by atoms with van der Waals surface area (Å²) in [5.41, 5.74) is 1.22. The van der Waals surface area contributed by atoms with Crippen LogP contribution < -0.4 is 0 Å². The molecule has 0 unspecified atom stereocenters. The zero-order valence-electron chi connectivity index (χ0n) is 11.8. The second-order valence-electron chi connectivity index (χ2n) is 4.70. The van der Waals surface area contributed by atoms with Gasteiger partial charge in [0.25, 0.3) is 0 Å². The summed E-state index contributed by atoms with van der Waals surface area (Å²) >= 11 is 7.39. The van der Waals surface area contributed by atoms with Gasteiger partial charge >= 0.3 is 0 Å². The first kappa shape index (κ1) is 15.2. The van der Waals surface area contributed by atoms with E-state index in [0.717, 1.165) is 0 Å². The lowest BCUT2D eigenvalue weighted by Gasteiger charge is -2.09. The fourth-order valence-electron chi connectivity index (χ4n) is 2.13. The number of fused-ring (bicyclic) bond motifs is 1. The van der Waals surface area contributed by atoms with Gasteiger partial charge in [0.1, 0.15) is 17.2 Å². The van der Waals surface area contributed by atoms with Crippen LogP contribution in [0.3, 0.4) is 0 Å². The normalized spacial score (nSPS) is 11.3. The first-order chi connectivity index (χ1) is 10.5. The van der Waals surface area contributed by atoms with Crippen molar-refractivity contribution in [2.45, 2.75) is 18.6 Å². The van der Waals surface area contributed by atoms with E-state index in [0.29, 0.717) is 21.9 Å². The fraction of sp³-hybridized carbons (Fsp3) is 0.214. The van der Waals surface area contributed by atoms with Gasteiger partial charge < -0.3 is 4.57 Å². The van der Waals surface area contributed by atoms with Gasteiger partial charge in [-0.1, -0.05) is 29.4 Å². The van der Waals surface area contributed by atoms with Crippen LogP contribution in [0, 0.1) is 18.6 Å². The second kappa shape index (κ2) is 5.81. The zero-order valence-corrected chi connectivity index (χ0v) is 13.3. The van der Waals surface area contributed by atoms with Gasteiger partial charge in [0.2, 0.25) is 0 Å². The largest absolute Gasteiger partial charge is 0.310 e. The van der Waals surface area contributed by atoms with Crippen LogP contribution in [0.25, 0.3) is 11.2 Å². The first-order valence-corrected chi connectivity index (χ1v) is 7.97. The van der Waals surface area contributed by atoms with Gasteiger partial charge in [0, 0.05) is 5.56 Å². The van der Waals surface area contributed by atoms with Crippen molar-refractivity contribution < 1.29 is 8.78 Å². The molecule has 0 fully saturated rings. The topological polar surface area (TPSA) is 43.6 Å². The third kappa shape index (κ3) is 2.55. The minimum absolute atomic E-state index is 0.0169. The van der Waals surface area contributed by atoms with E-state index in [1.54, 1.807) is 11.5 Å². The van der Waals surface area contributed by atoms with Crippen molar-refractivity contribution in [2.75, 3.05) is 6.26 Å². The third-order valence-electron chi connectivity index (χ3n) is 3.29. The SMILES string of the molecule is CSc1nc(Cl)c2ncn(Cc3c(F)ccc(C)c3F)c2n1. The lowest BCUT2D eigenvalue weighted by molar-refractivity contribution is 0.540. The molecule has 114 valence electrons. The summed E-state index contributed by atoms with van der Waals surface area (Å²) in [4.78, 5) is 12.5. The number of hydrogen-bond acceptors (Lipinski definition) is 4. The monoisotopic (exact) mass is 340 g/mol. The van der Waals surface area contributed by atoms with E-state index >= 15 is 0 Å². The molecule has 0 radical (unpaired) electrons. The predicted octanol–water partition coefficient (Wildman–Crippen LogP) is 3.84. The first-order valence-electron chi connectivity index (χ1n) is 6.37. The quantitative estimate of drug-likeness (QED) is 0.413. The molecule has 2 heterocycles. The van der Waals surface area contributed by atoms with Crippen molar-refractivity contribution >= 4 is 34.5 Å². The van der Waals surface area contributed by atoms with Gasteiger partial charge in [-0.3, -0.25) is 0 Å². The summed E-state index contributed by atoms with van der Waals surface area (Å²) in [5, 5.41) is 0.697. The standard InChI is InChI=1S/C14H11ClF2N4S/c1-7-3-4-9(16)8(10(7)17)5-21-6-18-11-12(15)19-14(22-2)20-13(11)21/h3-4,6H,5H2,1-2H3. The molecule has 0 N–H and O–H groups in total. The summed E-state index contributed by atoms with van der Waals surface area (Å²) in [7, 11) is 0. The Bertz CT molecular complexity index is 866. The van der Waals surface area contributed by atoms with Crippen LogP contribution in [0.1, 0.15) is 11.1 Å². The molecular weight excluding hydrogens is 330 g/mol. The maximum atomic E-state index is 14.1. The van der Waals surface area contributed by atoms with Gasteiger partial charge in [-0.2, -0.15) is 0 Å². The van der Waals surface area contributed by atoms with Crippen molar-refractivity contribution in [3.63, 3.8) is 0 Å². The molecule has 0 saturated heterocycles.